The predicted molar refractivity (Wildman–Crippen MR) is 63.0 cm³/mol. The largest absolute Gasteiger partial charge is 0.477 e. The first-order chi connectivity index (χ1) is 7.99. The Bertz CT molecular complexity index is 418. The van der Waals surface area contributed by atoms with Gasteiger partial charge in [0.15, 0.2) is 0 Å². The molecule has 0 aliphatic rings. The molecule has 0 bridgehead atoms. The highest BCUT2D eigenvalue weighted by molar-refractivity contribution is 5.87. The van der Waals surface area contributed by atoms with Crippen LogP contribution in [-0.2, 0) is 4.79 Å². The van der Waals surface area contributed by atoms with Gasteiger partial charge in [-0.3, -0.25) is 4.79 Å². The van der Waals surface area contributed by atoms with Gasteiger partial charge in [-0.05, 0) is 26.0 Å². The number of carbonyl (C=O) groups is 2. The van der Waals surface area contributed by atoms with Gasteiger partial charge in [0.1, 0.15) is 5.69 Å². The molecule has 0 unspecified atom stereocenters. The van der Waals surface area contributed by atoms with Gasteiger partial charge in [-0.1, -0.05) is 0 Å². The van der Waals surface area contributed by atoms with Crippen LogP contribution >= 0.6 is 0 Å². The van der Waals surface area contributed by atoms with Crippen molar-refractivity contribution in [1.29, 1.82) is 0 Å². The van der Waals surface area contributed by atoms with E-state index in [0.717, 1.165) is 0 Å². The number of anilines is 1. The molecule has 6 heteroatoms. The van der Waals surface area contributed by atoms with Crippen molar-refractivity contribution in [2.24, 2.45) is 0 Å². The Morgan fingerprint density at radius 1 is 1.47 bits per heavy atom. The van der Waals surface area contributed by atoms with Crippen molar-refractivity contribution in [2.75, 3.05) is 11.9 Å². The van der Waals surface area contributed by atoms with Crippen LogP contribution < -0.4 is 10.6 Å². The number of rotatable bonds is 5. The fourth-order valence-electron chi connectivity index (χ4n) is 1.21. The molecule has 1 aromatic rings. The Labute approximate surface area is 99.1 Å². The molecule has 92 valence electrons. The molecule has 0 fully saturated rings. The van der Waals surface area contributed by atoms with Crippen molar-refractivity contribution in [3.63, 3.8) is 0 Å². The highest BCUT2D eigenvalue weighted by Crippen LogP contribution is 2.07. The lowest BCUT2D eigenvalue weighted by Gasteiger charge is -2.10. The van der Waals surface area contributed by atoms with Crippen LogP contribution in [0.15, 0.2) is 18.3 Å². The van der Waals surface area contributed by atoms with E-state index in [4.69, 9.17) is 5.11 Å². The number of nitrogens with one attached hydrogen (secondary N) is 2. The number of nitrogens with zero attached hydrogens (tertiary/aromatic N) is 1. The van der Waals surface area contributed by atoms with E-state index in [-0.39, 0.29) is 24.2 Å². The Kier molecular flexibility index (Phi) is 4.45. The summed E-state index contributed by atoms with van der Waals surface area (Å²) < 4.78 is 0. The zero-order valence-electron chi connectivity index (χ0n) is 9.73. The third-order valence-electron chi connectivity index (χ3n) is 1.88. The van der Waals surface area contributed by atoms with Crippen molar-refractivity contribution in [3.8, 4) is 0 Å². The molecule has 0 aromatic carbocycles. The second-order valence-electron chi connectivity index (χ2n) is 3.81. The average molecular weight is 237 g/mol. The lowest BCUT2D eigenvalue weighted by atomic mass is 10.3. The predicted octanol–water partition coefficient (Wildman–Crippen LogP) is 0.716. The number of carboxylic acids is 1. The van der Waals surface area contributed by atoms with Gasteiger partial charge in [0.05, 0.1) is 6.54 Å². The topological polar surface area (TPSA) is 91.3 Å². The lowest BCUT2D eigenvalue weighted by molar-refractivity contribution is -0.119. The van der Waals surface area contributed by atoms with Gasteiger partial charge in [0.2, 0.25) is 5.91 Å². The molecule has 3 N–H and O–H groups in total. The zero-order valence-corrected chi connectivity index (χ0v) is 9.73. The van der Waals surface area contributed by atoms with Gasteiger partial charge >= 0.3 is 5.97 Å². The summed E-state index contributed by atoms with van der Waals surface area (Å²) in [5, 5.41) is 14.3. The number of amides is 1. The average Bonchev–Trinajstić information content (AvgIpc) is 2.26. The maximum absolute atomic E-state index is 11.3. The van der Waals surface area contributed by atoms with E-state index in [1.165, 1.54) is 12.3 Å². The first-order valence-corrected chi connectivity index (χ1v) is 5.21. The number of aromatic carboxylic acids is 1. The molecule has 17 heavy (non-hydrogen) atoms. The van der Waals surface area contributed by atoms with Crippen LogP contribution in [0.1, 0.15) is 24.3 Å². The maximum Gasteiger partial charge on any atom is 0.354 e. The molecule has 1 rings (SSSR count). The summed E-state index contributed by atoms with van der Waals surface area (Å²) in [5.74, 6) is -1.24. The van der Waals surface area contributed by atoms with Gasteiger partial charge in [0, 0.05) is 17.9 Å². The van der Waals surface area contributed by atoms with E-state index in [1.54, 1.807) is 6.07 Å². The van der Waals surface area contributed by atoms with E-state index in [9.17, 15) is 9.59 Å². The lowest BCUT2D eigenvalue weighted by Crippen LogP contribution is -2.34. The quantitative estimate of drug-likeness (QED) is 0.701. The SMILES string of the molecule is CC(C)NC(=O)CNc1ccnc(C(=O)O)c1. The third kappa shape index (κ3) is 4.50. The Morgan fingerprint density at radius 2 is 2.18 bits per heavy atom. The van der Waals surface area contributed by atoms with Gasteiger partial charge in [-0.2, -0.15) is 0 Å². The van der Waals surface area contributed by atoms with Crippen LogP contribution in [0, 0.1) is 0 Å². The fraction of sp³-hybridized carbons (Fsp3) is 0.364. The zero-order chi connectivity index (χ0) is 12.8. The Balaban J connectivity index is 2.54. The van der Waals surface area contributed by atoms with Crippen LogP contribution in [0.3, 0.4) is 0 Å². The minimum atomic E-state index is -1.10. The molecule has 0 atom stereocenters. The molecule has 0 aliphatic heterocycles. The summed E-state index contributed by atoms with van der Waals surface area (Å²) in [4.78, 5) is 25.7. The number of aromatic nitrogens is 1. The monoisotopic (exact) mass is 237 g/mol. The maximum atomic E-state index is 11.3. The second-order valence-corrected chi connectivity index (χ2v) is 3.81. The van der Waals surface area contributed by atoms with Gasteiger partial charge < -0.3 is 15.7 Å². The fourth-order valence-corrected chi connectivity index (χ4v) is 1.21. The second kappa shape index (κ2) is 5.83. The molecule has 6 nitrogen and oxygen atoms in total. The summed E-state index contributed by atoms with van der Waals surface area (Å²) in [6.45, 7) is 3.83. The van der Waals surface area contributed by atoms with Crippen LogP contribution in [0.2, 0.25) is 0 Å². The summed E-state index contributed by atoms with van der Waals surface area (Å²) >= 11 is 0. The van der Waals surface area contributed by atoms with Crippen LogP contribution in [0.4, 0.5) is 5.69 Å². The molecule has 1 aromatic heterocycles. The summed E-state index contributed by atoms with van der Waals surface area (Å²) in [6, 6.07) is 3.07. The molecule has 0 aliphatic carbocycles. The highest BCUT2D eigenvalue weighted by Gasteiger charge is 2.06. The van der Waals surface area contributed by atoms with Crippen LogP contribution in [0.25, 0.3) is 0 Å². The minimum absolute atomic E-state index is 0.0562. The minimum Gasteiger partial charge on any atom is -0.477 e. The Hall–Kier alpha value is -2.11. The van der Waals surface area contributed by atoms with E-state index in [0.29, 0.717) is 5.69 Å². The standard InChI is InChI=1S/C11H15N3O3/c1-7(2)14-10(15)6-13-8-3-4-12-9(5-8)11(16)17/h3-5,7H,6H2,1-2H3,(H,12,13)(H,14,15)(H,16,17). The van der Waals surface area contributed by atoms with Crippen molar-refractivity contribution >= 4 is 17.6 Å². The summed E-state index contributed by atoms with van der Waals surface area (Å²) in [6.07, 6.45) is 1.38. The normalized spacial score (nSPS) is 10.1. The molecular formula is C11H15N3O3. The molecule has 1 amide bonds. The van der Waals surface area contributed by atoms with Crippen LogP contribution in [-0.4, -0.2) is 34.6 Å². The van der Waals surface area contributed by atoms with Crippen molar-refractivity contribution in [2.45, 2.75) is 19.9 Å². The van der Waals surface area contributed by atoms with Crippen molar-refractivity contribution in [1.82, 2.24) is 10.3 Å². The number of hydrogen-bond donors (Lipinski definition) is 3. The van der Waals surface area contributed by atoms with E-state index >= 15 is 0 Å². The highest BCUT2D eigenvalue weighted by atomic mass is 16.4. The molecular weight excluding hydrogens is 222 g/mol. The first kappa shape index (κ1) is 13.0. The smallest absolute Gasteiger partial charge is 0.354 e. The third-order valence-corrected chi connectivity index (χ3v) is 1.88. The summed E-state index contributed by atoms with van der Waals surface area (Å²) in [7, 11) is 0. The summed E-state index contributed by atoms with van der Waals surface area (Å²) in [5.41, 5.74) is 0.496. The number of carbonyl (C=O) groups excluding carboxylic acids is 1. The van der Waals surface area contributed by atoms with Crippen molar-refractivity contribution in [3.05, 3.63) is 24.0 Å². The Morgan fingerprint density at radius 3 is 2.76 bits per heavy atom. The molecule has 0 spiro atoms. The molecule has 0 radical (unpaired) electrons. The van der Waals surface area contributed by atoms with Gasteiger partial charge in [-0.15, -0.1) is 0 Å². The first-order valence-electron chi connectivity index (χ1n) is 5.21. The van der Waals surface area contributed by atoms with E-state index in [2.05, 4.69) is 15.6 Å². The number of hydrogen-bond acceptors (Lipinski definition) is 4. The van der Waals surface area contributed by atoms with E-state index < -0.39 is 5.97 Å². The van der Waals surface area contributed by atoms with Gasteiger partial charge in [0.25, 0.3) is 0 Å². The van der Waals surface area contributed by atoms with Crippen LogP contribution in [0.5, 0.6) is 0 Å². The van der Waals surface area contributed by atoms with E-state index in [1.807, 2.05) is 13.8 Å². The number of pyridine rings is 1. The van der Waals surface area contributed by atoms with Crippen molar-refractivity contribution < 1.29 is 14.7 Å². The molecule has 1 heterocycles. The van der Waals surface area contributed by atoms with Gasteiger partial charge in [-0.25, -0.2) is 9.78 Å². The number of carboxylic acid groups (broad SMARTS) is 1. The molecule has 0 saturated heterocycles. The molecule has 0 saturated carbocycles.